The number of rotatable bonds is 2. The molecular weight excluding hydrogens is 248 g/mol. The Kier molecular flexibility index (Phi) is 2.61. The van der Waals surface area contributed by atoms with E-state index < -0.39 is 0 Å². The molecule has 0 unspecified atom stereocenters. The third-order valence-electron chi connectivity index (χ3n) is 2.83. The lowest BCUT2D eigenvalue weighted by Gasteiger charge is -2.07. The van der Waals surface area contributed by atoms with Gasteiger partial charge in [-0.15, -0.1) is 0 Å². The van der Waals surface area contributed by atoms with E-state index >= 15 is 0 Å². The second-order valence-corrected chi connectivity index (χ2v) is 4.36. The normalized spacial score (nSPS) is 10.7. The second kappa shape index (κ2) is 4.27. The van der Waals surface area contributed by atoms with Crippen molar-refractivity contribution in [3.05, 3.63) is 59.4 Å². The fourth-order valence-electron chi connectivity index (χ4n) is 1.98. The Hall–Kier alpha value is -2.13. The van der Waals surface area contributed by atoms with Gasteiger partial charge in [-0.3, -0.25) is 9.36 Å². The summed E-state index contributed by atoms with van der Waals surface area (Å²) in [6.07, 6.45) is 2.52. The SMILES string of the molecule is O=Cc1ccc(Cl)cc1-n1cnc2ccccc21. The smallest absolute Gasteiger partial charge is 0.152 e. The number of nitrogens with zero attached hydrogens (tertiary/aromatic N) is 2. The number of fused-ring (bicyclic) bond motifs is 1. The number of halogens is 1. The Morgan fingerprint density at radius 1 is 1.17 bits per heavy atom. The number of carbonyl (C=O) groups excluding carboxylic acids is 1. The maximum atomic E-state index is 11.1. The van der Waals surface area contributed by atoms with E-state index in [4.69, 9.17) is 11.6 Å². The highest BCUT2D eigenvalue weighted by molar-refractivity contribution is 6.30. The molecule has 0 fully saturated rings. The van der Waals surface area contributed by atoms with Crippen molar-refractivity contribution < 1.29 is 4.79 Å². The van der Waals surface area contributed by atoms with Gasteiger partial charge in [0, 0.05) is 10.6 Å². The van der Waals surface area contributed by atoms with Crippen molar-refractivity contribution in [3.8, 4) is 5.69 Å². The maximum absolute atomic E-state index is 11.1. The van der Waals surface area contributed by atoms with Crippen LogP contribution in [0, 0.1) is 0 Å². The van der Waals surface area contributed by atoms with Crippen LogP contribution >= 0.6 is 11.6 Å². The van der Waals surface area contributed by atoms with Gasteiger partial charge in [0.2, 0.25) is 0 Å². The van der Waals surface area contributed by atoms with Gasteiger partial charge in [-0.05, 0) is 30.3 Å². The molecule has 0 aliphatic rings. The topological polar surface area (TPSA) is 34.9 Å². The molecule has 1 heterocycles. The molecule has 0 radical (unpaired) electrons. The number of hydrogen-bond acceptors (Lipinski definition) is 2. The zero-order chi connectivity index (χ0) is 12.5. The Balaban J connectivity index is 2.32. The molecule has 0 spiro atoms. The Morgan fingerprint density at radius 3 is 2.83 bits per heavy atom. The highest BCUT2D eigenvalue weighted by Gasteiger charge is 2.08. The van der Waals surface area contributed by atoms with Gasteiger partial charge in [-0.2, -0.15) is 0 Å². The lowest BCUT2D eigenvalue weighted by molar-refractivity contribution is 0.112. The Morgan fingerprint density at radius 2 is 2.00 bits per heavy atom. The molecule has 1 aromatic heterocycles. The van der Waals surface area contributed by atoms with E-state index in [1.807, 2.05) is 28.8 Å². The number of para-hydroxylation sites is 2. The van der Waals surface area contributed by atoms with Crippen LogP contribution in [-0.4, -0.2) is 15.8 Å². The molecule has 0 bridgehead atoms. The lowest BCUT2D eigenvalue weighted by atomic mass is 10.2. The van der Waals surface area contributed by atoms with Gasteiger partial charge in [-0.25, -0.2) is 4.98 Å². The summed E-state index contributed by atoms with van der Waals surface area (Å²) in [5.41, 5.74) is 3.16. The maximum Gasteiger partial charge on any atom is 0.152 e. The van der Waals surface area contributed by atoms with Crippen LogP contribution < -0.4 is 0 Å². The first-order valence-corrected chi connectivity index (χ1v) is 5.84. The fraction of sp³-hybridized carbons (Fsp3) is 0. The predicted molar refractivity (Wildman–Crippen MR) is 71.5 cm³/mol. The summed E-state index contributed by atoms with van der Waals surface area (Å²) in [7, 11) is 0. The molecule has 0 saturated heterocycles. The van der Waals surface area contributed by atoms with Gasteiger partial charge >= 0.3 is 0 Å². The number of imidazole rings is 1. The summed E-state index contributed by atoms with van der Waals surface area (Å²) in [5, 5.41) is 0.591. The summed E-state index contributed by atoms with van der Waals surface area (Å²) >= 11 is 5.99. The van der Waals surface area contributed by atoms with E-state index in [1.165, 1.54) is 0 Å². The van der Waals surface area contributed by atoms with Crippen molar-refractivity contribution in [2.24, 2.45) is 0 Å². The average Bonchev–Trinajstić information content (AvgIpc) is 2.82. The molecule has 0 N–H and O–H groups in total. The predicted octanol–water partition coefficient (Wildman–Crippen LogP) is 3.49. The van der Waals surface area contributed by atoms with Gasteiger partial charge in [-0.1, -0.05) is 23.7 Å². The van der Waals surface area contributed by atoms with Gasteiger partial charge in [0.1, 0.15) is 6.33 Å². The van der Waals surface area contributed by atoms with Crippen molar-refractivity contribution in [2.45, 2.75) is 0 Å². The van der Waals surface area contributed by atoms with Crippen LogP contribution in [0.2, 0.25) is 5.02 Å². The van der Waals surface area contributed by atoms with Crippen LogP contribution in [-0.2, 0) is 0 Å². The monoisotopic (exact) mass is 256 g/mol. The molecule has 2 aromatic carbocycles. The van der Waals surface area contributed by atoms with E-state index in [-0.39, 0.29) is 0 Å². The lowest BCUT2D eigenvalue weighted by Crippen LogP contribution is -1.97. The molecule has 0 aliphatic heterocycles. The first kappa shape index (κ1) is 11.0. The van der Waals surface area contributed by atoms with Crippen molar-refractivity contribution in [1.29, 1.82) is 0 Å². The molecule has 0 saturated carbocycles. The summed E-state index contributed by atoms with van der Waals surface area (Å²) in [6, 6.07) is 12.9. The van der Waals surface area contributed by atoms with Crippen molar-refractivity contribution in [1.82, 2.24) is 9.55 Å². The van der Waals surface area contributed by atoms with Crippen LogP contribution in [0.1, 0.15) is 10.4 Å². The first-order valence-electron chi connectivity index (χ1n) is 5.47. The summed E-state index contributed by atoms with van der Waals surface area (Å²) in [4.78, 5) is 15.4. The third kappa shape index (κ3) is 1.69. The number of carbonyl (C=O) groups is 1. The van der Waals surface area contributed by atoms with E-state index in [0.29, 0.717) is 10.6 Å². The van der Waals surface area contributed by atoms with Gasteiger partial charge < -0.3 is 0 Å². The molecule has 3 aromatic rings. The minimum Gasteiger partial charge on any atom is -0.298 e. The van der Waals surface area contributed by atoms with E-state index in [1.54, 1.807) is 24.5 Å². The molecule has 88 valence electrons. The van der Waals surface area contributed by atoms with Crippen LogP contribution in [0.5, 0.6) is 0 Å². The largest absolute Gasteiger partial charge is 0.298 e. The van der Waals surface area contributed by atoms with Crippen LogP contribution in [0.25, 0.3) is 16.7 Å². The van der Waals surface area contributed by atoms with E-state index in [9.17, 15) is 4.79 Å². The molecule has 0 aliphatic carbocycles. The second-order valence-electron chi connectivity index (χ2n) is 3.92. The van der Waals surface area contributed by atoms with Crippen molar-refractivity contribution in [3.63, 3.8) is 0 Å². The van der Waals surface area contributed by atoms with E-state index in [2.05, 4.69) is 4.98 Å². The van der Waals surface area contributed by atoms with Crippen LogP contribution in [0.15, 0.2) is 48.8 Å². The molecule has 0 amide bonds. The highest BCUT2D eigenvalue weighted by atomic mass is 35.5. The molecule has 0 atom stereocenters. The average molecular weight is 257 g/mol. The molecular formula is C14H9ClN2O. The number of hydrogen-bond donors (Lipinski definition) is 0. The number of benzene rings is 2. The van der Waals surface area contributed by atoms with Crippen LogP contribution in [0.3, 0.4) is 0 Å². The van der Waals surface area contributed by atoms with Crippen LogP contribution in [0.4, 0.5) is 0 Å². The van der Waals surface area contributed by atoms with Gasteiger partial charge in [0.15, 0.2) is 6.29 Å². The van der Waals surface area contributed by atoms with E-state index in [0.717, 1.165) is 23.0 Å². The minimum atomic E-state index is 0.586. The van der Waals surface area contributed by atoms with Gasteiger partial charge in [0.25, 0.3) is 0 Å². The third-order valence-corrected chi connectivity index (χ3v) is 3.07. The first-order chi connectivity index (χ1) is 8.79. The fourth-order valence-corrected chi connectivity index (χ4v) is 2.14. The molecule has 3 nitrogen and oxygen atoms in total. The zero-order valence-corrected chi connectivity index (χ0v) is 10.1. The number of aromatic nitrogens is 2. The minimum absolute atomic E-state index is 0.586. The Labute approximate surface area is 109 Å². The van der Waals surface area contributed by atoms with Gasteiger partial charge in [0.05, 0.1) is 16.7 Å². The van der Waals surface area contributed by atoms with Crippen molar-refractivity contribution in [2.75, 3.05) is 0 Å². The number of aldehydes is 1. The van der Waals surface area contributed by atoms with Crippen molar-refractivity contribution >= 4 is 28.9 Å². The summed E-state index contributed by atoms with van der Waals surface area (Å²) in [5.74, 6) is 0. The zero-order valence-electron chi connectivity index (χ0n) is 9.38. The molecule has 18 heavy (non-hydrogen) atoms. The standard InChI is InChI=1S/C14H9ClN2O/c15-11-6-5-10(8-18)14(7-11)17-9-16-12-3-1-2-4-13(12)17/h1-9H. The summed E-state index contributed by atoms with van der Waals surface area (Å²) in [6.45, 7) is 0. The summed E-state index contributed by atoms with van der Waals surface area (Å²) < 4.78 is 1.87. The molecule has 4 heteroatoms. The Bertz CT molecular complexity index is 733. The highest BCUT2D eigenvalue weighted by Crippen LogP contribution is 2.23. The molecule has 3 rings (SSSR count). The quantitative estimate of drug-likeness (QED) is 0.658.